The Morgan fingerprint density at radius 1 is 1.23 bits per heavy atom. The number of thiophene rings is 1. The van der Waals surface area contributed by atoms with Crippen LogP contribution >= 0.6 is 23.6 Å². The van der Waals surface area contributed by atoms with Gasteiger partial charge in [-0.25, -0.2) is 0 Å². The molecule has 1 aromatic carbocycles. The van der Waals surface area contributed by atoms with E-state index in [0.717, 1.165) is 17.9 Å². The van der Waals surface area contributed by atoms with E-state index >= 15 is 0 Å². The fourth-order valence-electron chi connectivity index (χ4n) is 3.02. The van der Waals surface area contributed by atoms with Gasteiger partial charge in [0.1, 0.15) is 5.76 Å². The van der Waals surface area contributed by atoms with Crippen molar-refractivity contribution in [1.29, 1.82) is 0 Å². The van der Waals surface area contributed by atoms with Gasteiger partial charge in [0.2, 0.25) is 0 Å². The summed E-state index contributed by atoms with van der Waals surface area (Å²) in [6, 6.07) is 14.7. The van der Waals surface area contributed by atoms with Crippen LogP contribution in [-0.4, -0.2) is 10.0 Å². The molecule has 0 unspecified atom stereocenters. The van der Waals surface area contributed by atoms with E-state index in [4.69, 9.17) is 16.6 Å². The van der Waals surface area contributed by atoms with Gasteiger partial charge in [0.15, 0.2) is 5.11 Å². The Balaban J connectivity index is 1.87. The summed E-state index contributed by atoms with van der Waals surface area (Å²) in [6.07, 6.45) is 2.67. The average molecular weight is 385 g/mol. The minimum absolute atomic E-state index is 0.161. The van der Waals surface area contributed by atoms with E-state index in [1.54, 1.807) is 17.6 Å². The first-order valence-electron chi connectivity index (χ1n) is 8.82. The SMILES string of the molecule is CCc1cccc(C)c1NC(=S)N(Cc1ccco1)[C@@H](C)c1cccs1. The Morgan fingerprint density at radius 3 is 2.73 bits per heavy atom. The third kappa shape index (κ3) is 4.17. The van der Waals surface area contributed by atoms with Crippen LogP contribution in [0.3, 0.4) is 0 Å². The second kappa shape index (κ2) is 8.52. The lowest BCUT2D eigenvalue weighted by molar-refractivity contribution is 0.306. The normalized spacial score (nSPS) is 12.0. The van der Waals surface area contributed by atoms with Crippen molar-refractivity contribution in [3.63, 3.8) is 0 Å². The molecule has 0 amide bonds. The molecule has 3 nitrogen and oxygen atoms in total. The lowest BCUT2D eigenvalue weighted by Gasteiger charge is -2.31. The van der Waals surface area contributed by atoms with E-state index in [9.17, 15) is 0 Å². The molecule has 136 valence electrons. The Kier molecular flexibility index (Phi) is 6.12. The summed E-state index contributed by atoms with van der Waals surface area (Å²) in [5.74, 6) is 0.901. The van der Waals surface area contributed by atoms with Crippen LogP contribution in [0.4, 0.5) is 5.69 Å². The van der Waals surface area contributed by atoms with Crippen molar-refractivity contribution < 1.29 is 4.42 Å². The molecular weight excluding hydrogens is 360 g/mol. The zero-order valence-electron chi connectivity index (χ0n) is 15.4. The van der Waals surface area contributed by atoms with Gasteiger partial charge >= 0.3 is 0 Å². The molecule has 5 heteroatoms. The van der Waals surface area contributed by atoms with Crippen molar-refractivity contribution in [1.82, 2.24) is 4.90 Å². The van der Waals surface area contributed by atoms with Crippen LogP contribution < -0.4 is 5.32 Å². The minimum Gasteiger partial charge on any atom is -0.467 e. The molecule has 0 saturated carbocycles. The van der Waals surface area contributed by atoms with E-state index < -0.39 is 0 Å². The number of anilines is 1. The van der Waals surface area contributed by atoms with E-state index in [-0.39, 0.29) is 6.04 Å². The smallest absolute Gasteiger partial charge is 0.174 e. The fourth-order valence-corrected chi connectivity index (χ4v) is 4.14. The van der Waals surface area contributed by atoms with Gasteiger partial charge in [-0.05, 0) is 67.2 Å². The summed E-state index contributed by atoms with van der Waals surface area (Å²) in [7, 11) is 0. The van der Waals surface area contributed by atoms with Crippen molar-refractivity contribution >= 4 is 34.4 Å². The average Bonchev–Trinajstić information content (AvgIpc) is 3.34. The van der Waals surface area contributed by atoms with Crippen LogP contribution in [0.2, 0.25) is 0 Å². The lowest BCUT2D eigenvalue weighted by Crippen LogP contribution is -2.36. The van der Waals surface area contributed by atoms with Gasteiger partial charge in [0, 0.05) is 10.6 Å². The molecule has 0 fully saturated rings. The molecule has 0 aliphatic rings. The maximum atomic E-state index is 5.83. The monoisotopic (exact) mass is 384 g/mol. The van der Waals surface area contributed by atoms with Crippen LogP contribution in [-0.2, 0) is 13.0 Å². The van der Waals surface area contributed by atoms with Gasteiger partial charge < -0.3 is 14.6 Å². The standard InChI is InChI=1S/C21H24N2OS2/c1-4-17-9-5-8-15(2)20(17)22-21(25)23(14-18-10-6-12-24-18)16(3)19-11-7-13-26-19/h5-13,16H,4,14H2,1-3H3,(H,22,25)/t16-/m0/s1. The van der Waals surface area contributed by atoms with Crippen LogP contribution in [0, 0.1) is 6.92 Å². The maximum absolute atomic E-state index is 5.83. The third-order valence-electron chi connectivity index (χ3n) is 4.56. The van der Waals surface area contributed by atoms with Crippen molar-refractivity contribution in [2.75, 3.05) is 5.32 Å². The van der Waals surface area contributed by atoms with E-state index in [1.807, 2.05) is 12.1 Å². The number of benzene rings is 1. The highest BCUT2D eigenvalue weighted by molar-refractivity contribution is 7.80. The summed E-state index contributed by atoms with van der Waals surface area (Å²) < 4.78 is 5.57. The number of hydrogen-bond donors (Lipinski definition) is 1. The number of nitrogens with zero attached hydrogens (tertiary/aromatic N) is 1. The molecule has 3 rings (SSSR count). The van der Waals surface area contributed by atoms with Gasteiger partial charge in [-0.2, -0.15) is 0 Å². The molecule has 2 heterocycles. The molecule has 0 bridgehead atoms. The highest BCUT2D eigenvalue weighted by atomic mass is 32.1. The van der Waals surface area contributed by atoms with Gasteiger partial charge in [0.25, 0.3) is 0 Å². The second-order valence-electron chi connectivity index (χ2n) is 6.29. The number of thiocarbonyl (C=S) groups is 1. The summed E-state index contributed by atoms with van der Waals surface area (Å²) in [4.78, 5) is 3.47. The molecule has 2 aromatic heterocycles. The Hall–Kier alpha value is -2.11. The van der Waals surface area contributed by atoms with Crippen LogP contribution in [0.1, 0.15) is 41.7 Å². The Labute approximate surface area is 164 Å². The zero-order chi connectivity index (χ0) is 18.5. The van der Waals surface area contributed by atoms with E-state index in [0.29, 0.717) is 11.7 Å². The molecule has 1 atom stereocenters. The second-order valence-corrected chi connectivity index (χ2v) is 7.66. The van der Waals surface area contributed by atoms with Gasteiger partial charge in [-0.15, -0.1) is 11.3 Å². The molecule has 26 heavy (non-hydrogen) atoms. The van der Waals surface area contributed by atoms with Crippen LogP contribution in [0.25, 0.3) is 0 Å². The molecule has 0 saturated heterocycles. The van der Waals surface area contributed by atoms with Crippen LogP contribution in [0.15, 0.2) is 58.5 Å². The Morgan fingerprint density at radius 2 is 2.08 bits per heavy atom. The summed E-state index contributed by atoms with van der Waals surface area (Å²) >= 11 is 7.57. The van der Waals surface area contributed by atoms with Gasteiger partial charge in [0.05, 0.1) is 18.8 Å². The number of aryl methyl sites for hydroxylation is 2. The third-order valence-corrected chi connectivity index (χ3v) is 5.94. The van der Waals surface area contributed by atoms with Gasteiger partial charge in [-0.1, -0.05) is 31.2 Å². The predicted molar refractivity (Wildman–Crippen MR) is 114 cm³/mol. The number of nitrogens with one attached hydrogen (secondary N) is 1. The molecule has 0 spiro atoms. The van der Waals surface area contributed by atoms with E-state index in [1.165, 1.54) is 16.0 Å². The van der Waals surface area contributed by atoms with Crippen molar-refractivity contribution in [3.8, 4) is 0 Å². The maximum Gasteiger partial charge on any atom is 0.174 e. The van der Waals surface area contributed by atoms with Crippen LogP contribution in [0.5, 0.6) is 0 Å². The predicted octanol–water partition coefficient (Wildman–Crippen LogP) is 6.17. The molecule has 0 aliphatic heterocycles. The van der Waals surface area contributed by atoms with E-state index in [2.05, 4.69) is 66.7 Å². The largest absolute Gasteiger partial charge is 0.467 e. The summed E-state index contributed by atoms with van der Waals surface area (Å²) in [5, 5.41) is 6.32. The zero-order valence-corrected chi connectivity index (χ0v) is 17.0. The number of hydrogen-bond acceptors (Lipinski definition) is 3. The van der Waals surface area contributed by atoms with Crippen molar-refractivity contribution in [2.24, 2.45) is 0 Å². The van der Waals surface area contributed by atoms with Gasteiger partial charge in [-0.3, -0.25) is 0 Å². The molecule has 1 N–H and O–H groups in total. The van der Waals surface area contributed by atoms with Crippen molar-refractivity contribution in [3.05, 3.63) is 75.9 Å². The topological polar surface area (TPSA) is 28.4 Å². The highest BCUT2D eigenvalue weighted by Crippen LogP contribution is 2.28. The lowest BCUT2D eigenvalue weighted by atomic mass is 10.1. The molecule has 3 aromatic rings. The molecule has 0 radical (unpaired) electrons. The number of furan rings is 1. The minimum atomic E-state index is 0.161. The first kappa shape index (κ1) is 18.7. The fraction of sp³-hybridized carbons (Fsp3) is 0.286. The Bertz CT molecular complexity index is 841. The molecular formula is C21H24N2OS2. The highest BCUT2D eigenvalue weighted by Gasteiger charge is 2.22. The van der Waals surface area contributed by atoms with Crippen molar-refractivity contribution in [2.45, 2.75) is 39.8 Å². The summed E-state index contributed by atoms with van der Waals surface area (Å²) in [5.41, 5.74) is 3.59. The number of rotatable bonds is 6. The molecule has 0 aliphatic carbocycles. The number of para-hydroxylation sites is 1. The first-order valence-corrected chi connectivity index (χ1v) is 10.1. The quantitative estimate of drug-likeness (QED) is 0.514. The first-order chi connectivity index (χ1) is 12.6. The summed E-state index contributed by atoms with van der Waals surface area (Å²) in [6.45, 7) is 7.09.